The molecule has 0 radical (unpaired) electrons. The van der Waals surface area contributed by atoms with Crippen molar-refractivity contribution in [1.29, 1.82) is 0 Å². The van der Waals surface area contributed by atoms with Crippen molar-refractivity contribution >= 4 is 22.4 Å². The van der Waals surface area contributed by atoms with Crippen LogP contribution >= 0.6 is 11.3 Å². The maximum absolute atomic E-state index is 12.3. The molecule has 2 heterocycles. The molecule has 0 atom stereocenters. The van der Waals surface area contributed by atoms with Crippen LogP contribution in [0.25, 0.3) is 0 Å². The van der Waals surface area contributed by atoms with E-state index in [0.29, 0.717) is 12.1 Å². The molecule has 3 rings (SSSR count). The smallest absolute Gasteiger partial charge is 0.240 e. The first-order valence-electron chi connectivity index (χ1n) is 8.70. The van der Waals surface area contributed by atoms with Crippen LogP contribution in [-0.4, -0.2) is 60.0 Å². The largest absolute Gasteiger partial charge is 0.304 e. The van der Waals surface area contributed by atoms with Gasteiger partial charge >= 0.3 is 0 Å². The molecule has 2 aliphatic rings. The van der Waals surface area contributed by atoms with E-state index in [1.54, 1.807) is 11.3 Å². The van der Waals surface area contributed by atoms with Crippen LogP contribution in [0.3, 0.4) is 0 Å². The molecule has 1 aliphatic carbocycles. The van der Waals surface area contributed by atoms with Crippen LogP contribution in [0.4, 0.5) is 5.13 Å². The third-order valence-electron chi connectivity index (χ3n) is 5.60. The molecule has 1 N–H and O–H groups in total. The Labute approximate surface area is 143 Å². The molecule has 1 aromatic heterocycles. The van der Waals surface area contributed by atoms with Crippen molar-refractivity contribution in [3.63, 3.8) is 0 Å². The lowest BCUT2D eigenvalue weighted by molar-refractivity contribution is -0.118. The van der Waals surface area contributed by atoms with Crippen molar-refractivity contribution in [1.82, 2.24) is 14.8 Å². The van der Waals surface area contributed by atoms with Gasteiger partial charge in [0.05, 0.1) is 12.2 Å². The van der Waals surface area contributed by atoms with E-state index in [2.05, 4.69) is 41.1 Å². The molecule has 0 spiro atoms. The summed E-state index contributed by atoms with van der Waals surface area (Å²) in [7, 11) is 4.35. The number of hydrogen-bond acceptors (Lipinski definition) is 5. The van der Waals surface area contributed by atoms with Crippen LogP contribution in [0, 0.1) is 0 Å². The topological polar surface area (TPSA) is 48.5 Å². The van der Waals surface area contributed by atoms with Gasteiger partial charge in [-0.1, -0.05) is 6.92 Å². The summed E-state index contributed by atoms with van der Waals surface area (Å²) in [5.74, 6) is 0.0753. The quantitative estimate of drug-likeness (QED) is 0.897. The average molecular weight is 337 g/mol. The van der Waals surface area contributed by atoms with Gasteiger partial charge in [0.25, 0.3) is 0 Å². The van der Waals surface area contributed by atoms with E-state index < -0.39 is 0 Å². The van der Waals surface area contributed by atoms with Crippen LogP contribution in [0.2, 0.25) is 0 Å². The van der Waals surface area contributed by atoms with Gasteiger partial charge in [-0.15, -0.1) is 11.3 Å². The molecule has 1 amide bonds. The summed E-state index contributed by atoms with van der Waals surface area (Å²) < 4.78 is 0. The van der Waals surface area contributed by atoms with Crippen molar-refractivity contribution in [2.45, 2.75) is 51.0 Å². The van der Waals surface area contributed by atoms with E-state index in [4.69, 9.17) is 0 Å². The normalized spacial score (nSPS) is 20.7. The summed E-state index contributed by atoms with van der Waals surface area (Å²) in [5.41, 5.74) is 1.50. The maximum atomic E-state index is 12.3. The number of aromatic nitrogens is 1. The second-order valence-electron chi connectivity index (χ2n) is 7.04. The zero-order valence-electron chi connectivity index (χ0n) is 14.5. The fourth-order valence-electron chi connectivity index (χ4n) is 3.85. The molecular weight excluding hydrogens is 308 g/mol. The molecule has 23 heavy (non-hydrogen) atoms. The van der Waals surface area contributed by atoms with Crippen LogP contribution in [-0.2, 0) is 17.6 Å². The van der Waals surface area contributed by atoms with Crippen LogP contribution in [0.1, 0.15) is 43.2 Å². The predicted molar refractivity (Wildman–Crippen MR) is 95.2 cm³/mol. The second-order valence-corrected chi connectivity index (χ2v) is 8.12. The van der Waals surface area contributed by atoms with Gasteiger partial charge in [0.1, 0.15) is 0 Å². The van der Waals surface area contributed by atoms with Crippen molar-refractivity contribution in [2.75, 3.05) is 39.0 Å². The first-order chi connectivity index (χ1) is 11.0. The van der Waals surface area contributed by atoms with Crippen molar-refractivity contribution in [3.8, 4) is 0 Å². The Morgan fingerprint density at radius 1 is 1.35 bits per heavy atom. The SMILES string of the molecule is CCC1(N(C)C)CCN(CC(=O)Nc2nc3c(s2)CCC3)CC1. The number of rotatable bonds is 5. The monoisotopic (exact) mass is 336 g/mol. The molecule has 1 aromatic rings. The number of piperidine rings is 1. The Bertz CT molecular complexity index is 539. The minimum Gasteiger partial charge on any atom is -0.304 e. The Balaban J connectivity index is 1.49. The summed E-state index contributed by atoms with van der Waals surface area (Å²) in [6, 6.07) is 0. The number of likely N-dealkylation sites (tertiary alicyclic amines) is 1. The minimum atomic E-state index is 0.0753. The van der Waals surface area contributed by atoms with Crippen molar-refractivity contribution < 1.29 is 4.79 Å². The van der Waals surface area contributed by atoms with Gasteiger partial charge in [-0.2, -0.15) is 0 Å². The minimum absolute atomic E-state index is 0.0753. The number of anilines is 1. The molecule has 0 bridgehead atoms. The second kappa shape index (κ2) is 6.87. The molecule has 0 unspecified atom stereocenters. The van der Waals surface area contributed by atoms with Gasteiger partial charge in [0.15, 0.2) is 5.13 Å². The van der Waals surface area contributed by atoms with Crippen molar-refractivity contribution in [3.05, 3.63) is 10.6 Å². The Kier molecular flexibility index (Phi) is 5.04. The Hall–Kier alpha value is -0.980. The summed E-state index contributed by atoms with van der Waals surface area (Å²) >= 11 is 1.65. The average Bonchev–Trinajstić information content (AvgIpc) is 3.09. The van der Waals surface area contributed by atoms with Gasteiger partial charge in [0, 0.05) is 23.5 Å². The molecule has 6 heteroatoms. The molecule has 128 valence electrons. The number of hydrogen-bond donors (Lipinski definition) is 1. The van der Waals surface area contributed by atoms with Crippen LogP contribution < -0.4 is 5.32 Å². The van der Waals surface area contributed by atoms with E-state index in [-0.39, 0.29) is 5.91 Å². The first kappa shape index (κ1) is 16.9. The summed E-state index contributed by atoms with van der Waals surface area (Å²) in [6.07, 6.45) is 6.84. The number of thiazole rings is 1. The molecule has 5 nitrogen and oxygen atoms in total. The molecule has 0 saturated carbocycles. The summed E-state index contributed by atoms with van der Waals surface area (Å²) in [6.45, 7) is 4.74. The highest BCUT2D eigenvalue weighted by Crippen LogP contribution is 2.31. The molecule has 0 aromatic carbocycles. The van der Waals surface area contributed by atoms with Gasteiger partial charge < -0.3 is 10.2 Å². The molecule has 1 aliphatic heterocycles. The fraction of sp³-hybridized carbons (Fsp3) is 0.765. The van der Waals surface area contributed by atoms with E-state index in [9.17, 15) is 4.79 Å². The third-order valence-corrected chi connectivity index (χ3v) is 6.68. The number of nitrogens with one attached hydrogen (secondary N) is 1. The van der Waals surface area contributed by atoms with E-state index in [1.807, 2.05) is 0 Å². The standard InChI is InChI=1S/C17H28N4OS/c1-4-17(20(2)3)8-10-21(11-9-17)12-15(22)19-16-18-13-6-5-7-14(13)23-16/h4-12H2,1-3H3,(H,18,19,22). The lowest BCUT2D eigenvalue weighted by atomic mass is 9.84. The predicted octanol–water partition coefficient (Wildman–Crippen LogP) is 2.38. The molecule has 1 fully saturated rings. The fourth-order valence-corrected chi connectivity index (χ4v) is 4.92. The summed E-state index contributed by atoms with van der Waals surface area (Å²) in [5, 5.41) is 3.78. The van der Waals surface area contributed by atoms with Gasteiger partial charge in [-0.05, 0) is 52.6 Å². The van der Waals surface area contributed by atoms with Crippen LogP contribution in [0.15, 0.2) is 0 Å². The number of amides is 1. The Morgan fingerprint density at radius 3 is 2.70 bits per heavy atom. The number of carbonyl (C=O) groups is 1. The highest BCUT2D eigenvalue weighted by Gasteiger charge is 2.35. The molecular formula is C17H28N4OS. The lowest BCUT2D eigenvalue weighted by Crippen LogP contribution is -2.53. The molecule has 1 saturated heterocycles. The Morgan fingerprint density at radius 2 is 2.09 bits per heavy atom. The number of fused-ring (bicyclic) bond motifs is 1. The number of carbonyl (C=O) groups excluding carboxylic acids is 1. The summed E-state index contributed by atoms with van der Waals surface area (Å²) in [4.78, 5) is 22.8. The van der Waals surface area contributed by atoms with E-state index in [0.717, 1.165) is 43.9 Å². The van der Waals surface area contributed by atoms with E-state index >= 15 is 0 Å². The number of nitrogens with zero attached hydrogens (tertiary/aromatic N) is 3. The van der Waals surface area contributed by atoms with Crippen molar-refractivity contribution in [2.24, 2.45) is 0 Å². The van der Waals surface area contributed by atoms with Gasteiger partial charge in [0.2, 0.25) is 5.91 Å². The number of aryl methyl sites for hydroxylation is 2. The first-order valence-corrected chi connectivity index (χ1v) is 9.52. The van der Waals surface area contributed by atoms with Crippen LogP contribution in [0.5, 0.6) is 0 Å². The highest BCUT2D eigenvalue weighted by atomic mass is 32.1. The van der Waals surface area contributed by atoms with E-state index in [1.165, 1.54) is 23.4 Å². The zero-order chi connectivity index (χ0) is 16.4. The maximum Gasteiger partial charge on any atom is 0.240 e. The van der Waals surface area contributed by atoms with Gasteiger partial charge in [-0.25, -0.2) is 4.98 Å². The lowest BCUT2D eigenvalue weighted by Gasteiger charge is -2.45. The highest BCUT2D eigenvalue weighted by molar-refractivity contribution is 7.15. The zero-order valence-corrected chi connectivity index (χ0v) is 15.3. The van der Waals surface area contributed by atoms with Gasteiger partial charge in [-0.3, -0.25) is 9.69 Å². The third kappa shape index (κ3) is 3.59.